The highest BCUT2D eigenvalue weighted by Gasteiger charge is 2.15. The molecule has 0 bridgehead atoms. The van der Waals surface area contributed by atoms with Gasteiger partial charge in [-0.25, -0.2) is 4.79 Å². The molecule has 1 heterocycles. The van der Waals surface area contributed by atoms with Gasteiger partial charge in [0.2, 0.25) is 0 Å². The SMILES string of the molecule is COC(=O)c1scc(CCl)c1Cl. The molecule has 1 aromatic rings. The molecule has 0 atom stereocenters. The van der Waals surface area contributed by atoms with Crippen molar-refractivity contribution in [2.45, 2.75) is 5.88 Å². The van der Waals surface area contributed by atoms with Crippen molar-refractivity contribution in [3.63, 3.8) is 0 Å². The molecule has 0 N–H and O–H groups in total. The molecule has 66 valence electrons. The Balaban J connectivity index is 3.02. The number of halogens is 2. The van der Waals surface area contributed by atoms with E-state index in [1.807, 2.05) is 0 Å². The van der Waals surface area contributed by atoms with Crippen LogP contribution in [0.25, 0.3) is 0 Å². The van der Waals surface area contributed by atoms with E-state index in [0.29, 0.717) is 15.8 Å². The molecule has 12 heavy (non-hydrogen) atoms. The van der Waals surface area contributed by atoms with E-state index in [9.17, 15) is 4.79 Å². The Hall–Kier alpha value is -0.250. The molecule has 0 saturated carbocycles. The molecule has 0 aliphatic rings. The predicted octanol–water partition coefficient (Wildman–Crippen LogP) is 2.93. The average molecular weight is 225 g/mol. The normalized spacial score (nSPS) is 9.92. The summed E-state index contributed by atoms with van der Waals surface area (Å²) < 4.78 is 4.52. The summed E-state index contributed by atoms with van der Waals surface area (Å²) in [6.07, 6.45) is 0. The van der Waals surface area contributed by atoms with E-state index in [4.69, 9.17) is 23.2 Å². The first-order chi connectivity index (χ1) is 5.70. The van der Waals surface area contributed by atoms with Crippen molar-refractivity contribution >= 4 is 40.5 Å². The third-order valence-corrected chi connectivity index (χ3v) is 3.16. The van der Waals surface area contributed by atoms with Crippen LogP contribution in [-0.4, -0.2) is 13.1 Å². The topological polar surface area (TPSA) is 26.3 Å². The zero-order valence-electron chi connectivity index (χ0n) is 6.27. The van der Waals surface area contributed by atoms with E-state index in [1.165, 1.54) is 18.4 Å². The minimum absolute atomic E-state index is 0.312. The number of alkyl halides is 1. The minimum atomic E-state index is -0.415. The summed E-state index contributed by atoms with van der Waals surface area (Å²) in [6, 6.07) is 0. The molecule has 5 heteroatoms. The highest BCUT2D eigenvalue weighted by molar-refractivity contribution is 7.12. The van der Waals surface area contributed by atoms with Crippen molar-refractivity contribution in [2.75, 3.05) is 7.11 Å². The Labute approximate surface area is 84.0 Å². The highest BCUT2D eigenvalue weighted by Crippen LogP contribution is 2.29. The van der Waals surface area contributed by atoms with Gasteiger partial charge in [-0.2, -0.15) is 0 Å². The molecule has 0 unspecified atom stereocenters. The van der Waals surface area contributed by atoms with Crippen molar-refractivity contribution in [2.24, 2.45) is 0 Å². The molecule has 0 aromatic carbocycles. The molecule has 0 aliphatic heterocycles. The lowest BCUT2D eigenvalue weighted by Gasteiger charge is -1.95. The molecule has 0 aliphatic carbocycles. The highest BCUT2D eigenvalue weighted by atomic mass is 35.5. The van der Waals surface area contributed by atoms with Crippen LogP contribution in [0.2, 0.25) is 5.02 Å². The van der Waals surface area contributed by atoms with E-state index in [0.717, 1.165) is 5.56 Å². The van der Waals surface area contributed by atoms with E-state index in [-0.39, 0.29) is 0 Å². The number of esters is 1. The van der Waals surface area contributed by atoms with Gasteiger partial charge in [0.05, 0.1) is 12.1 Å². The fraction of sp³-hybridized carbons (Fsp3) is 0.286. The summed E-state index contributed by atoms with van der Waals surface area (Å²) in [5, 5.41) is 2.16. The number of thiophene rings is 1. The second-order valence-corrected chi connectivity index (χ2v) is 3.55. The second-order valence-electron chi connectivity index (χ2n) is 2.03. The van der Waals surface area contributed by atoms with Crippen LogP contribution in [0.1, 0.15) is 15.2 Å². The maximum absolute atomic E-state index is 11.0. The van der Waals surface area contributed by atoms with Crippen LogP contribution < -0.4 is 0 Å². The Morgan fingerprint density at radius 2 is 2.42 bits per heavy atom. The largest absolute Gasteiger partial charge is 0.465 e. The maximum atomic E-state index is 11.0. The quantitative estimate of drug-likeness (QED) is 0.571. The summed E-state index contributed by atoms with van der Waals surface area (Å²) in [6.45, 7) is 0. The predicted molar refractivity (Wildman–Crippen MR) is 50.2 cm³/mol. The zero-order valence-corrected chi connectivity index (χ0v) is 8.59. The Bertz CT molecular complexity index is 296. The lowest BCUT2D eigenvalue weighted by Crippen LogP contribution is -1.98. The van der Waals surface area contributed by atoms with Gasteiger partial charge in [0.15, 0.2) is 0 Å². The van der Waals surface area contributed by atoms with E-state index in [1.54, 1.807) is 5.38 Å². The average Bonchev–Trinajstić information content (AvgIpc) is 2.45. The van der Waals surface area contributed by atoms with Gasteiger partial charge < -0.3 is 4.74 Å². The molecule has 0 fully saturated rings. The van der Waals surface area contributed by atoms with Crippen LogP contribution in [0.3, 0.4) is 0 Å². The Morgan fingerprint density at radius 3 is 2.83 bits per heavy atom. The number of carbonyl (C=O) groups is 1. The molecule has 2 nitrogen and oxygen atoms in total. The van der Waals surface area contributed by atoms with Crippen molar-refractivity contribution < 1.29 is 9.53 Å². The monoisotopic (exact) mass is 224 g/mol. The third kappa shape index (κ3) is 1.73. The molecule has 1 rings (SSSR count). The molecule has 0 radical (unpaired) electrons. The van der Waals surface area contributed by atoms with Crippen LogP contribution in [-0.2, 0) is 10.6 Å². The standard InChI is InChI=1S/C7H6Cl2O2S/c1-11-7(10)6-5(9)4(2-8)3-12-6/h3H,2H2,1H3. The van der Waals surface area contributed by atoms with E-state index >= 15 is 0 Å². The first-order valence-electron chi connectivity index (χ1n) is 3.10. The number of rotatable bonds is 2. The van der Waals surface area contributed by atoms with Crippen LogP contribution in [0.4, 0.5) is 0 Å². The molecular formula is C7H6Cl2O2S. The van der Waals surface area contributed by atoms with Crippen LogP contribution in [0, 0.1) is 0 Å². The molecular weight excluding hydrogens is 219 g/mol. The van der Waals surface area contributed by atoms with Gasteiger partial charge >= 0.3 is 5.97 Å². The van der Waals surface area contributed by atoms with Crippen LogP contribution >= 0.6 is 34.5 Å². The van der Waals surface area contributed by atoms with Crippen molar-refractivity contribution in [3.05, 3.63) is 20.8 Å². The summed E-state index contributed by atoms with van der Waals surface area (Å²) in [5.41, 5.74) is 0.767. The minimum Gasteiger partial charge on any atom is -0.465 e. The summed E-state index contributed by atoms with van der Waals surface area (Å²) in [4.78, 5) is 11.4. The molecule has 0 amide bonds. The number of methoxy groups -OCH3 is 1. The van der Waals surface area contributed by atoms with Gasteiger partial charge in [-0.3, -0.25) is 0 Å². The van der Waals surface area contributed by atoms with Gasteiger partial charge in [-0.1, -0.05) is 11.6 Å². The second kappa shape index (κ2) is 4.12. The number of carbonyl (C=O) groups excluding carboxylic acids is 1. The van der Waals surface area contributed by atoms with Gasteiger partial charge in [-0.05, 0) is 10.9 Å². The first kappa shape index (κ1) is 9.84. The molecule has 0 saturated heterocycles. The number of hydrogen-bond donors (Lipinski definition) is 0. The van der Waals surface area contributed by atoms with Crippen molar-refractivity contribution in [1.29, 1.82) is 0 Å². The summed E-state index contributed by atoms with van der Waals surface area (Å²) >= 11 is 12.6. The zero-order chi connectivity index (χ0) is 9.14. The lowest BCUT2D eigenvalue weighted by molar-refractivity contribution is 0.0606. The van der Waals surface area contributed by atoms with Gasteiger partial charge in [-0.15, -0.1) is 22.9 Å². The third-order valence-electron chi connectivity index (χ3n) is 1.32. The van der Waals surface area contributed by atoms with Crippen molar-refractivity contribution in [1.82, 2.24) is 0 Å². The number of hydrogen-bond acceptors (Lipinski definition) is 3. The number of ether oxygens (including phenoxy) is 1. The lowest BCUT2D eigenvalue weighted by atomic mass is 10.3. The fourth-order valence-corrected chi connectivity index (χ4v) is 2.34. The van der Waals surface area contributed by atoms with E-state index in [2.05, 4.69) is 4.74 Å². The van der Waals surface area contributed by atoms with Gasteiger partial charge in [0.25, 0.3) is 0 Å². The van der Waals surface area contributed by atoms with Crippen LogP contribution in [0.15, 0.2) is 5.38 Å². The Kier molecular flexibility index (Phi) is 3.38. The summed E-state index contributed by atoms with van der Waals surface area (Å²) in [5.74, 6) is -0.104. The fourth-order valence-electron chi connectivity index (χ4n) is 0.700. The first-order valence-corrected chi connectivity index (χ1v) is 4.90. The van der Waals surface area contributed by atoms with Crippen molar-refractivity contribution in [3.8, 4) is 0 Å². The summed E-state index contributed by atoms with van der Waals surface area (Å²) in [7, 11) is 1.32. The maximum Gasteiger partial charge on any atom is 0.349 e. The van der Waals surface area contributed by atoms with Crippen LogP contribution in [0.5, 0.6) is 0 Å². The van der Waals surface area contributed by atoms with Gasteiger partial charge in [0, 0.05) is 5.88 Å². The van der Waals surface area contributed by atoms with E-state index < -0.39 is 5.97 Å². The molecule has 0 spiro atoms. The molecule has 1 aromatic heterocycles. The van der Waals surface area contributed by atoms with Gasteiger partial charge in [0.1, 0.15) is 4.88 Å². The Morgan fingerprint density at radius 1 is 1.75 bits per heavy atom. The smallest absolute Gasteiger partial charge is 0.349 e.